The summed E-state index contributed by atoms with van der Waals surface area (Å²) in [5.74, 6) is -1.07. The van der Waals surface area contributed by atoms with E-state index < -0.39 is 23.8 Å². The molecule has 1 aliphatic heterocycles. The Kier molecular flexibility index (Phi) is 5.16. The Hall–Kier alpha value is -1.80. The van der Waals surface area contributed by atoms with Crippen molar-refractivity contribution in [3.8, 4) is 0 Å². The zero-order chi connectivity index (χ0) is 17.2. The van der Waals surface area contributed by atoms with E-state index in [0.29, 0.717) is 5.03 Å². The normalized spacial score (nSPS) is 21.3. The third kappa shape index (κ3) is 4.59. The predicted octanol–water partition coefficient (Wildman–Crippen LogP) is 1.85. The second kappa shape index (κ2) is 6.76. The Morgan fingerprint density at radius 1 is 1.39 bits per heavy atom. The van der Waals surface area contributed by atoms with Gasteiger partial charge in [0.1, 0.15) is 10.6 Å². The Bertz CT molecular complexity index is 602. The number of rotatable bonds is 3. The summed E-state index contributed by atoms with van der Waals surface area (Å²) in [4.78, 5) is 28.8. The van der Waals surface area contributed by atoms with E-state index >= 15 is 0 Å². The summed E-state index contributed by atoms with van der Waals surface area (Å²) in [7, 11) is 0. The van der Waals surface area contributed by atoms with Crippen LogP contribution < -0.4 is 0 Å². The number of aromatic carboxylic acids is 1. The third-order valence-electron chi connectivity index (χ3n) is 3.15. The van der Waals surface area contributed by atoms with Crippen molar-refractivity contribution in [3.05, 3.63) is 23.9 Å². The number of carboxylic acid groups (broad SMARTS) is 1. The van der Waals surface area contributed by atoms with Crippen LogP contribution in [0, 0.1) is 0 Å². The minimum Gasteiger partial charge on any atom is -0.478 e. The van der Waals surface area contributed by atoms with Crippen LogP contribution in [0.15, 0.2) is 23.4 Å². The molecule has 2 N–H and O–H groups in total. The quantitative estimate of drug-likeness (QED) is 0.866. The maximum Gasteiger partial charge on any atom is 0.410 e. The molecule has 0 aromatic carbocycles. The van der Waals surface area contributed by atoms with Crippen LogP contribution in [-0.2, 0) is 4.74 Å². The summed E-state index contributed by atoms with van der Waals surface area (Å²) in [6, 6.07) is 3.01. The van der Waals surface area contributed by atoms with Gasteiger partial charge in [-0.2, -0.15) is 0 Å². The van der Waals surface area contributed by atoms with Gasteiger partial charge in [0.05, 0.1) is 23.5 Å². The summed E-state index contributed by atoms with van der Waals surface area (Å²) in [6.45, 7) is 5.75. The Morgan fingerprint density at radius 2 is 2.09 bits per heavy atom. The first-order chi connectivity index (χ1) is 10.7. The van der Waals surface area contributed by atoms with Crippen molar-refractivity contribution in [1.82, 2.24) is 9.88 Å². The Labute approximate surface area is 138 Å². The predicted molar refractivity (Wildman–Crippen MR) is 84.7 cm³/mol. The molecule has 0 saturated carbocycles. The summed E-state index contributed by atoms with van der Waals surface area (Å²) in [5.41, 5.74) is -0.523. The molecule has 0 radical (unpaired) electrons. The molecule has 0 bridgehead atoms. The molecule has 1 aromatic heterocycles. The van der Waals surface area contributed by atoms with Crippen molar-refractivity contribution >= 4 is 23.8 Å². The van der Waals surface area contributed by atoms with Crippen LogP contribution in [-0.4, -0.2) is 62.2 Å². The second-order valence-corrected chi connectivity index (χ2v) is 7.50. The number of aliphatic hydroxyl groups is 1. The average Bonchev–Trinajstić information content (AvgIpc) is 2.79. The van der Waals surface area contributed by atoms with Gasteiger partial charge in [0.25, 0.3) is 0 Å². The molecular formula is C15H20N2O5S. The van der Waals surface area contributed by atoms with E-state index in [0.717, 1.165) is 11.8 Å². The van der Waals surface area contributed by atoms with Crippen molar-refractivity contribution < 1.29 is 24.5 Å². The lowest BCUT2D eigenvalue weighted by Crippen LogP contribution is -2.35. The zero-order valence-corrected chi connectivity index (χ0v) is 14.0. The zero-order valence-electron chi connectivity index (χ0n) is 13.2. The lowest BCUT2D eigenvalue weighted by molar-refractivity contribution is 0.0270. The number of aliphatic hydroxyl groups excluding tert-OH is 1. The highest BCUT2D eigenvalue weighted by Gasteiger charge is 2.37. The Balaban J connectivity index is 2.06. The molecule has 8 heteroatoms. The van der Waals surface area contributed by atoms with E-state index in [-0.39, 0.29) is 23.9 Å². The number of carbonyl (C=O) groups excluding carboxylic acids is 1. The fourth-order valence-electron chi connectivity index (χ4n) is 2.14. The van der Waals surface area contributed by atoms with Crippen LogP contribution in [0.5, 0.6) is 0 Å². The average molecular weight is 340 g/mol. The van der Waals surface area contributed by atoms with E-state index in [1.165, 1.54) is 17.2 Å². The van der Waals surface area contributed by atoms with Gasteiger partial charge in [-0.05, 0) is 32.9 Å². The number of thioether (sulfide) groups is 1. The molecule has 1 fully saturated rings. The van der Waals surface area contributed by atoms with Crippen LogP contribution in [0.4, 0.5) is 4.79 Å². The third-order valence-corrected chi connectivity index (χ3v) is 4.47. The van der Waals surface area contributed by atoms with Gasteiger partial charge >= 0.3 is 12.1 Å². The van der Waals surface area contributed by atoms with Gasteiger partial charge in [-0.15, -0.1) is 0 Å². The van der Waals surface area contributed by atoms with E-state index in [2.05, 4.69) is 4.98 Å². The Morgan fingerprint density at radius 3 is 2.70 bits per heavy atom. The number of hydrogen-bond donors (Lipinski definition) is 2. The number of β-amino-alcohol motifs (C(OH)–C–C–N with tert-alkyl or cyclic N) is 1. The van der Waals surface area contributed by atoms with Gasteiger partial charge in [-0.25, -0.2) is 14.6 Å². The van der Waals surface area contributed by atoms with Crippen molar-refractivity contribution in [2.75, 3.05) is 13.1 Å². The van der Waals surface area contributed by atoms with E-state index in [9.17, 15) is 19.8 Å². The first-order valence-electron chi connectivity index (χ1n) is 7.18. The number of nitrogens with zero attached hydrogens (tertiary/aromatic N) is 2. The van der Waals surface area contributed by atoms with Crippen molar-refractivity contribution in [2.45, 2.75) is 42.8 Å². The van der Waals surface area contributed by atoms with Crippen molar-refractivity contribution in [3.63, 3.8) is 0 Å². The standard InChI is InChI=1S/C15H20N2O5S/c1-15(2,3)22-14(21)17-7-10(18)11(8-17)23-12-9(13(19)20)5-4-6-16-12/h4-6,10-11,18H,7-8H2,1-3H3,(H,19,20)/t10-,11-/m1/s1. The van der Waals surface area contributed by atoms with Gasteiger partial charge in [0.2, 0.25) is 0 Å². The number of ether oxygens (including phenoxy) is 1. The molecule has 2 heterocycles. The lowest BCUT2D eigenvalue weighted by Gasteiger charge is -2.24. The summed E-state index contributed by atoms with van der Waals surface area (Å²) < 4.78 is 5.29. The molecule has 2 rings (SSSR count). The molecule has 1 aromatic rings. The molecule has 7 nitrogen and oxygen atoms in total. The highest BCUT2D eigenvalue weighted by atomic mass is 32.2. The van der Waals surface area contributed by atoms with Crippen LogP contribution in [0.2, 0.25) is 0 Å². The van der Waals surface area contributed by atoms with Gasteiger partial charge in [-0.1, -0.05) is 11.8 Å². The maximum atomic E-state index is 12.1. The number of aromatic nitrogens is 1. The fourth-order valence-corrected chi connectivity index (χ4v) is 3.33. The van der Waals surface area contributed by atoms with Gasteiger partial charge in [-0.3, -0.25) is 0 Å². The molecule has 0 aliphatic carbocycles. The molecule has 0 spiro atoms. The van der Waals surface area contributed by atoms with Gasteiger partial charge in [0, 0.05) is 12.7 Å². The fraction of sp³-hybridized carbons (Fsp3) is 0.533. The number of hydrogen-bond acceptors (Lipinski definition) is 6. The number of carboxylic acids is 1. The summed E-state index contributed by atoms with van der Waals surface area (Å²) in [6.07, 6.45) is 0.247. The molecule has 1 aliphatic rings. The molecule has 23 heavy (non-hydrogen) atoms. The highest BCUT2D eigenvalue weighted by Crippen LogP contribution is 2.31. The molecule has 1 amide bonds. The largest absolute Gasteiger partial charge is 0.478 e. The first kappa shape index (κ1) is 17.6. The maximum absolute atomic E-state index is 12.1. The monoisotopic (exact) mass is 340 g/mol. The minimum atomic E-state index is -1.07. The molecule has 126 valence electrons. The molecule has 2 atom stereocenters. The van der Waals surface area contributed by atoms with Crippen LogP contribution in [0.25, 0.3) is 0 Å². The van der Waals surface area contributed by atoms with Crippen molar-refractivity contribution in [2.24, 2.45) is 0 Å². The number of amides is 1. The van der Waals surface area contributed by atoms with Crippen LogP contribution in [0.3, 0.4) is 0 Å². The van der Waals surface area contributed by atoms with Crippen LogP contribution in [0.1, 0.15) is 31.1 Å². The second-order valence-electron chi connectivity index (χ2n) is 6.27. The summed E-state index contributed by atoms with van der Waals surface area (Å²) >= 11 is 1.16. The number of likely N-dealkylation sites (tertiary alicyclic amines) is 1. The lowest BCUT2D eigenvalue weighted by atomic mass is 10.2. The smallest absolute Gasteiger partial charge is 0.410 e. The van der Waals surface area contributed by atoms with Gasteiger partial charge < -0.3 is 19.8 Å². The molecular weight excluding hydrogens is 320 g/mol. The topological polar surface area (TPSA) is 100.0 Å². The summed E-state index contributed by atoms with van der Waals surface area (Å²) in [5, 5.41) is 19.3. The van der Waals surface area contributed by atoms with E-state index in [1.54, 1.807) is 26.8 Å². The SMILES string of the molecule is CC(C)(C)OC(=O)N1C[C@@H](O)[C@H](Sc2ncccc2C(=O)O)C1. The van der Waals surface area contributed by atoms with E-state index in [1.807, 2.05) is 0 Å². The van der Waals surface area contributed by atoms with E-state index in [4.69, 9.17) is 4.74 Å². The minimum absolute atomic E-state index is 0.0837. The highest BCUT2D eigenvalue weighted by molar-refractivity contribution is 8.00. The van der Waals surface area contributed by atoms with Crippen LogP contribution >= 0.6 is 11.8 Å². The van der Waals surface area contributed by atoms with Crippen molar-refractivity contribution in [1.29, 1.82) is 0 Å². The number of carbonyl (C=O) groups is 2. The van der Waals surface area contributed by atoms with Gasteiger partial charge in [0.15, 0.2) is 0 Å². The molecule has 0 unspecified atom stereocenters. The molecule has 1 saturated heterocycles. The number of pyridine rings is 1. The first-order valence-corrected chi connectivity index (χ1v) is 8.06.